The Morgan fingerprint density at radius 1 is 0.364 bits per heavy atom. The third kappa shape index (κ3) is 3.75. The summed E-state index contributed by atoms with van der Waals surface area (Å²) in [6.45, 7) is 0. The Morgan fingerprint density at radius 2 is 0.818 bits per heavy atom. The van der Waals surface area contributed by atoms with Gasteiger partial charge in [-0.2, -0.15) is 0 Å². The smallest absolute Gasteiger partial charge is 0.163 e. The molecule has 6 nitrogen and oxygen atoms in total. The summed E-state index contributed by atoms with van der Waals surface area (Å²) in [6.07, 6.45) is 7.14. The van der Waals surface area contributed by atoms with Gasteiger partial charge in [-0.25, -0.2) is 0 Å². The fourth-order valence-corrected chi connectivity index (χ4v) is 6.06. The zero-order valence-corrected chi connectivity index (χ0v) is 23.3. The van der Waals surface area contributed by atoms with Crippen molar-refractivity contribution >= 4 is 44.1 Å². The molecule has 0 aliphatic heterocycles. The first kappa shape index (κ1) is 24.5. The Kier molecular flexibility index (Phi) is 5.40. The van der Waals surface area contributed by atoms with E-state index in [-0.39, 0.29) is 0 Å². The lowest BCUT2D eigenvalue weighted by atomic mass is 10.0. The average Bonchev–Trinajstić information content (AvgIpc) is 3.68. The Morgan fingerprint density at radius 3 is 1.25 bits per heavy atom. The summed E-state index contributed by atoms with van der Waals surface area (Å²) in [5.41, 5.74) is 11.9. The van der Waals surface area contributed by atoms with E-state index in [0.717, 1.165) is 66.4 Å². The number of pyridine rings is 2. The number of para-hydroxylation sites is 2. The van der Waals surface area contributed by atoms with Crippen molar-refractivity contribution in [2.45, 2.75) is 0 Å². The van der Waals surface area contributed by atoms with Crippen molar-refractivity contribution in [1.29, 1.82) is 0 Å². The fourth-order valence-electron chi connectivity index (χ4n) is 6.06. The van der Waals surface area contributed by atoms with Gasteiger partial charge in [-0.1, -0.05) is 84.9 Å². The maximum Gasteiger partial charge on any atom is 0.163 e. The first-order valence-electron chi connectivity index (χ1n) is 14.4. The Hall–Kier alpha value is -6.14. The van der Waals surface area contributed by atoms with Gasteiger partial charge in [-0.3, -0.25) is 19.9 Å². The molecule has 0 atom stereocenters. The highest BCUT2D eigenvalue weighted by Gasteiger charge is 2.19. The van der Waals surface area contributed by atoms with Crippen LogP contribution in [0.3, 0.4) is 0 Å². The van der Waals surface area contributed by atoms with Gasteiger partial charge in [-0.15, -0.1) is 0 Å². The predicted octanol–water partition coefficient (Wildman–Crippen LogP) is 9.73. The minimum absolute atomic E-state index is 0.685. The van der Waals surface area contributed by atoms with Gasteiger partial charge in [0.05, 0.1) is 23.8 Å². The first-order chi connectivity index (χ1) is 21.8. The number of nitrogens with zero attached hydrogens (tertiary/aromatic N) is 4. The van der Waals surface area contributed by atoms with Crippen molar-refractivity contribution in [2.75, 3.05) is 0 Å². The number of furan rings is 2. The molecule has 9 aromatic rings. The summed E-state index contributed by atoms with van der Waals surface area (Å²) in [6, 6.07) is 36.6. The molecule has 5 heterocycles. The van der Waals surface area contributed by atoms with Gasteiger partial charge in [0.2, 0.25) is 0 Å². The zero-order chi connectivity index (χ0) is 29.0. The van der Waals surface area contributed by atoms with E-state index in [2.05, 4.69) is 46.4 Å². The van der Waals surface area contributed by atoms with Crippen molar-refractivity contribution in [3.8, 4) is 44.8 Å². The highest BCUT2D eigenvalue weighted by molar-refractivity contribution is 6.12. The number of aromatic nitrogens is 4. The minimum atomic E-state index is 0.685. The van der Waals surface area contributed by atoms with Gasteiger partial charge in [0.25, 0.3) is 0 Å². The topological polar surface area (TPSA) is 77.8 Å². The number of rotatable bonds is 4. The molecule has 44 heavy (non-hydrogen) atoms. The van der Waals surface area contributed by atoms with Crippen LogP contribution in [0.4, 0.5) is 0 Å². The maximum absolute atomic E-state index is 6.52. The molecule has 0 unspecified atom stereocenters. The third-order valence-electron chi connectivity index (χ3n) is 8.13. The molecule has 206 valence electrons. The van der Waals surface area contributed by atoms with E-state index in [1.54, 1.807) is 24.8 Å². The number of fused-ring (bicyclic) bond motifs is 6. The van der Waals surface area contributed by atoms with Crippen LogP contribution in [0, 0.1) is 0 Å². The summed E-state index contributed by atoms with van der Waals surface area (Å²) in [5, 5.41) is 1.93. The normalized spacial score (nSPS) is 11.6. The van der Waals surface area contributed by atoms with E-state index in [1.807, 2.05) is 72.8 Å². The molecule has 0 spiro atoms. The number of hydrogen-bond acceptors (Lipinski definition) is 6. The van der Waals surface area contributed by atoms with Crippen LogP contribution < -0.4 is 0 Å². The van der Waals surface area contributed by atoms with Crippen LogP contribution in [-0.2, 0) is 0 Å². The van der Waals surface area contributed by atoms with E-state index in [1.165, 1.54) is 0 Å². The van der Waals surface area contributed by atoms with E-state index in [9.17, 15) is 0 Å². The van der Waals surface area contributed by atoms with Crippen LogP contribution >= 0.6 is 0 Å². The molecular formula is C38H22N4O2. The maximum atomic E-state index is 6.52. The Balaban J connectivity index is 1.16. The third-order valence-corrected chi connectivity index (χ3v) is 8.13. The molecule has 0 fully saturated rings. The van der Waals surface area contributed by atoms with Crippen molar-refractivity contribution in [3.05, 3.63) is 134 Å². The monoisotopic (exact) mass is 566 g/mol. The molecule has 0 aliphatic carbocycles. The van der Waals surface area contributed by atoms with Crippen LogP contribution in [0.5, 0.6) is 0 Å². The second-order valence-electron chi connectivity index (χ2n) is 10.7. The number of benzene rings is 4. The molecule has 5 aromatic heterocycles. The molecule has 6 heteroatoms. The summed E-state index contributed by atoms with van der Waals surface area (Å²) in [7, 11) is 0. The Bertz CT molecular complexity index is 2310. The molecule has 4 aromatic carbocycles. The molecule has 9 rings (SSSR count). The van der Waals surface area contributed by atoms with Crippen LogP contribution in [-0.4, -0.2) is 19.9 Å². The summed E-state index contributed by atoms with van der Waals surface area (Å²) in [5.74, 6) is 0. The van der Waals surface area contributed by atoms with Gasteiger partial charge in [0.15, 0.2) is 11.2 Å². The molecule has 0 saturated carbocycles. The molecular weight excluding hydrogens is 544 g/mol. The minimum Gasteiger partial charge on any atom is -0.453 e. The van der Waals surface area contributed by atoms with Gasteiger partial charge in [0.1, 0.15) is 22.2 Å². The predicted molar refractivity (Wildman–Crippen MR) is 174 cm³/mol. The van der Waals surface area contributed by atoms with Gasteiger partial charge in [-0.05, 0) is 35.4 Å². The summed E-state index contributed by atoms with van der Waals surface area (Å²) < 4.78 is 13.0. The molecule has 0 bridgehead atoms. The molecule has 0 amide bonds. The number of hydrogen-bond donors (Lipinski definition) is 0. The van der Waals surface area contributed by atoms with E-state index in [4.69, 9.17) is 18.8 Å². The van der Waals surface area contributed by atoms with Gasteiger partial charge < -0.3 is 8.83 Å². The van der Waals surface area contributed by atoms with Crippen LogP contribution in [0.1, 0.15) is 0 Å². The van der Waals surface area contributed by atoms with E-state index >= 15 is 0 Å². The highest BCUT2D eigenvalue weighted by atomic mass is 16.3. The van der Waals surface area contributed by atoms with Crippen molar-refractivity contribution in [1.82, 2.24) is 19.9 Å². The summed E-state index contributed by atoms with van der Waals surface area (Å²) >= 11 is 0. The van der Waals surface area contributed by atoms with Gasteiger partial charge in [0, 0.05) is 45.4 Å². The van der Waals surface area contributed by atoms with Crippen molar-refractivity contribution in [3.63, 3.8) is 0 Å². The quantitative estimate of drug-likeness (QED) is 0.211. The second kappa shape index (κ2) is 9.71. The highest BCUT2D eigenvalue weighted by Crippen LogP contribution is 2.40. The van der Waals surface area contributed by atoms with Crippen LogP contribution in [0.2, 0.25) is 0 Å². The molecule has 0 radical (unpaired) electrons. The van der Waals surface area contributed by atoms with E-state index < -0.39 is 0 Å². The fraction of sp³-hybridized carbons (Fsp3) is 0. The van der Waals surface area contributed by atoms with Crippen LogP contribution in [0.15, 0.2) is 143 Å². The first-order valence-corrected chi connectivity index (χ1v) is 14.4. The molecule has 0 N–H and O–H groups in total. The average molecular weight is 567 g/mol. The zero-order valence-electron chi connectivity index (χ0n) is 23.3. The lowest BCUT2D eigenvalue weighted by Crippen LogP contribution is -1.91. The van der Waals surface area contributed by atoms with Crippen LogP contribution in [0.25, 0.3) is 88.9 Å². The summed E-state index contributed by atoms with van der Waals surface area (Å²) in [4.78, 5) is 19.0. The Labute approximate surface area is 251 Å². The lowest BCUT2D eigenvalue weighted by Gasteiger charge is -2.04. The second-order valence-corrected chi connectivity index (χ2v) is 10.7. The lowest BCUT2D eigenvalue weighted by molar-refractivity contribution is 0.669. The van der Waals surface area contributed by atoms with E-state index in [0.29, 0.717) is 22.6 Å². The molecule has 0 saturated heterocycles. The van der Waals surface area contributed by atoms with Crippen molar-refractivity contribution < 1.29 is 8.83 Å². The molecule has 0 aliphatic rings. The SMILES string of the molecule is c1ccc(-c2cccc3c2oc2c(-c4cnc(-c5ccnc6c5oc5c(-c7ccccc7)cccc56)cn4)ccnc23)cc1. The standard InChI is InChI=1S/C38H22N4O2/c1-3-9-23(10-4-1)25-13-7-15-29-33-37(43-35(25)29)27(17-19-39-33)31-21-42-32(22-41-31)28-18-20-40-34-30-16-8-14-26(36(30)44-38(28)34)24-11-5-2-6-12-24/h1-22H. The largest absolute Gasteiger partial charge is 0.453 e. The van der Waals surface area contributed by atoms with Crippen molar-refractivity contribution in [2.24, 2.45) is 0 Å². The van der Waals surface area contributed by atoms with Gasteiger partial charge >= 0.3 is 0 Å².